The Kier molecular flexibility index (Phi) is 5.16. The molecule has 1 aromatic heterocycles. The molecule has 1 heterocycles. The molecule has 0 radical (unpaired) electrons. The summed E-state index contributed by atoms with van der Waals surface area (Å²) in [6, 6.07) is 57.3. The lowest BCUT2D eigenvalue weighted by atomic mass is 9.68. The van der Waals surface area contributed by atoms with Gasteiger partial charge in [0.1, 0.15) is 0 Å². The Labute approximate surface area is 284 Å². The van der Waals surface area contributed by atoms with Gasteiger partial charge in [0.15, 0.2) is 0 Å². The second-order valence-electron chi connectivity index (χ2n) is 12.9. The van der Waals surface area contributed by atoms with E-state index in [1.54, 1.807) is 0 Å². The Morgan fingerprint density at radius 1 is 0.404 bits per heavy atom. The maximum atomic E-state index is 3.65. The summed E-state index contributed by atoms with van der Waals surface area (Å²) in [5.41, 5.74) is 13.1. The summed E-state index contributed by atoms with van der Waals surface area (Å²) in [4.78, 5) is 0. The Balaban J connectivity index is 1.20. The van der Waals surface area contributed by atoms with E-state index in [2.05, 4.69) is 168 Å². The van der Waals surface area contributed by atoms with E-state index >= 15 is 0 Å². The third-order valence-corrected chi connectivity index (χ3v) is 12.3. The van der Waals surface area contributed by atoms with E-state index in [0.717, 1.165) is 4.47 Å². The lowest BCUT2D eigenvalue weighted by Gasteiger charge is -2.32. The van der Waals surface area contributed by atoms with E-state index in [9.17, 15) is 0 Å². The van der Waals surface area contributed by atoms with Crippen LogP contribution in [0.2, 0.25) is 0 Å². The van der Waals surface area contributed by atoms with Crippen LogP contribution in [0.3, 0.4) is 0 Å². The zero-order valence-corrected chi connectivity index (χ0v) is 27.6. The van der Waals surface area contributed by atoms with Crippen LogP contribution in [0.4, 0.5) is 0 Å². The molecule has 0 amide bonds. The van der Waals surface area contributed by atoms with Crippen LogP contribution in [0.5, 0.6) is 0 Å². The number of fused-ring (bicyclic) bond motifs is 17. The molecule has 1 spiro atoms. The number of hydrogen-bond acceptors (Lipinski definition) is 1. The number of rotatable bonds is 1. The van der Waals surface area contributed by atoms with Crippen molar-refractivity contribution in [3.05, 3.63) is 178 Å². The average Bonchev–Trinajstić information content (AvgIpc) is 3.74. The number of thiophene rings is 1. The molecule has 8 aromatic carbocycles. The van der Waals surface area contributed by atoms with Gasteiger partial charge in [-0.1, -0.05) is 143 Å². The third kappa shape index (κ3) is 3.32. The van der Waals surface area contributed by atoms with E-state index in [0.29, 0.717) is 0 Å². The van der Waals surface area contributed by atoms with Gasteiger partial charge in [-0.05, 0) is 101 Å². The highest BCUT2D eigenvalue weighted by Crippen LogP contribution is 2.65. The Morgan fingerprint density at radius 2 is 0.957 bits per heavy atom. The summed E-state index contributed by atoms with van der Waals surface area (Å²) < 4.78 is 3.76. The first kappa shape index (κ1) is 26.1. The number of hydrogen-bond donors (Lipinski definition) is 0. The molecule has 11 rings (SSSR count). The van der Waals surface area contributed by atoms with Crippen LogP contribution in [0.25, 0.3) is 75.1 Å². The van der Waals surface area contributed by atoms with Gasteiger partial charge in [0, 0.05) is 24.6 Å². The fourth-order valence-corrected chi connectivity index (χ4v) is 10.6. The first-order valence-electron chi connectivity index (χ1n) is 16.1. The van der Waals surface area contributed by atoms with Gasteiger partial charge in [-0.3, -0.25) is 0 Å². The van der Waals surface area contributed by atoms with Gasteiger partial charge in [0.05, 0.1) is 5.41 Å². The maximum absolute atomic E-state index is 3.65. The average molecular weight is 678 g/mol. The van der Waals surface area contributed by atoms with Gasteiger partial charge in [-0.25, -0.2) is 0 Å². The van der Waals surface area contributed by atoms with Gasteiger partial charge in [0.25, 0.3) is 0 Å². The molecule has 2 aliphatic carbocycles. The predicted octanol–water partition coefficient (Wildman–Crippen LogP) is 13.1. The molecule has 1 unspecified atom stereocenters. The molecule has 0 nitrogen and oxygen atoms in total. The monoisotopic (exact) mass is 676 g/mol. The molecule has 2 aliphatic rings. The van der Waals surface area contributed by atoms with Crippen LogP contribution in [0.1, 0.15) is 22.3 Å². The van der Waals surface area contributed by atoms with Crippen molar-refractivity contribution in [2.75, 3.05) is 0 Å². The molecular weight excluding hydrogens is 652 g/mol. The Hall–Kier alpha value is -5.02. The molecule has 0 fully saturated rings. The highest BCUT2D eigenvalue weighted by atomic mass is 79.9. The minimum absolute atomic E-state index is 0.399. The van der Waals surface area contributed by atoms with Crippen molar-refractivity contribution in [2.24, 2.45) is 0 Å². The lowest BCUT2D eigenvalue weighted by molar-refractivity contribution is 0.809. The first-order valence-corrected chi connectivity index (χ1v) is 17.7. The zero-order valence-electron chi connectivity index (χ0n) is 25.2. The largest absolute Gasteiger partial charge is 0.135 e. The quantitative estimate of drug-likeness (QED) is 0.162. The van der Waals surface area contributed by atoms with Crippen molar-refractivity contribution in [1.82, 2.24) is 0 Å². The van der Waals surface area contributed by atoms with Gasteiger partial charge >= 0.3 is 0 Å². The van der Waals surface area contributed by atoms with Gasteiger partial charge < -0.3 is 0 Å². The van der Waals surface area contributed by atoms with Gasteiger partial charge in [0.2, 0.25) is 0 Å². The van der Waals surface area contributed by atoms with E-state index in [1.165, 1.54) is 97.4 Å². The molecule has 0 saturated heterocycles. The third-order valence-electron chi connectivity index (χ3n) is 10.7. The van der Waals surface area contributed by atoms with Crippen LogP contribution in [-0.2, 0) is 5.41 Å². The summed E-state index contributed by atoms with van der Waals surface area (Å²) in [6.45, 7) is 0. The van der Waals surface area contributed by atoms with E-state index in [4.69, 9.17) is 0 Å². The molecule has 0 aliphatic heterocycles. The minimum atomic E-state index is -0.399. The fraction of sp³-hybridized carbons (Fsp3) is 0.0222. The van der Waals surface area contributed by atoms with Gasteiger partial charge in [-0.15, -0.1) is 11.3 Å². The second kappa shape index (κ2) is 9.29. The minimum Gasteiger partial charge on any atom is -0.135 e. The zero-order chi connectivity index (χ0) is 30.9. The summed E-state index contributed by atoms with van der Waals surface area (Å²) in [5, 5.41) is 7.87. The molecule has 0 N–H and O–H groups in total. The van der Waals surface area contributed by atoms with Crippen LogP contribution >= 0.6 is 27.3 Å². The number of halogens is 1. The smallest absolute Gasteiger partial charge is 0.0737 e. The van der Waals surface area contributed by atoms with Crippen molar-refractivity contribution in [1.29, 1.82) is 0 Å². The molecular formula is C45H25BrS. The molecule has 0 saturated carbocycles. The molecule has 9 aromatic rings. The highest BCUT2D eigenvalue weighted by molar-refractivity contribution is 9.10. The standard InChI is InChI=1S/C45H25BrS/c46-30-17-22-36-35-19-15-28(24-41(35)47-42(36)25-30)27-14-18-32-29(23-27)16-21-38-34-10-4-6-12-40(34)45(44(32)38)39-11-5-3-9-33(39)37-20-13-26-7-1-2-8-31(26)43(37)45/h1-25H. The van der Waals surface area contributed by atoms with Gasteiger partial charge in [-0.2, -0.15) is 0 Å². The number of benzene rings is 8. The Morgan fingerprint density at radius 3 is 1.70 bits per heavy atom. The SMILES string of the molecule is Brc1ccc2c(c1)sc1cc(-c3ccc4c5c(ccc4c3)-c3ccccc3C53c4ccccc4-c4ccc5ccccc5c43)ccc12. The highest BCUT2D eigenvalue weighted by Gasteiger charge is 2.53. The summed E-state index contributed by atoms with van der Waals surface area (Å²) in [7, 11) is 0. The lowest BCUT2D eigenvalue weighted by Crippen LogP contribution is -2.26. The summed E-state index contributed by atoms with van der Waals surface area (Å²) in [6.07, 6.45) is 0. The normalized spacial score (nSPS) is 15.9. The van der Waals surface area contributed by atoms with Crippen LogP contribution in [0.15, 0.2) is 156 Å². The second-order valence-corrected chi connectivity index (χ2v) is 14.9. The predicted molar refractivity (Wildman–Crippen MR) is 204 cm³/mol. The van der Waals surface area contributed by atoms with E-state index in [-0.39, 0.29) is 0 Å². The van der Waals surface area contributed by atoms with Crippen molar-refractivity contribution < 1.29 is 0 Å². The molecule has 0 bridgehead atoms. The molecule has 2 heteroatoms. The fourth-order valence-electron chi connectivity index (χ4n) is 8.87. The van der Waals surface area contributed by atoms with Crippen molar-refractivity contribution in [3.63, 3.8) is 0 Å². The van der Waals surface area contributed by atoms with Crippen LogP contribution in [0, 0.1) is 0 Å². The van der Waals surface area contributed by atoms with Crippen molar-refractivity contribution in [2.45, 2.75) is 5.41 Å². The maximum Gasteiger partial charge on any atom is 0.0737 e. The van der Waals surface area contributed by atoms with Crippen molar-refractivity contribution >= 4 is 69.0 Å². The van der Waals surface area contributed by atoms with Crippen LogP contribution < -0.4 is 0 Å². The molecule has 1 atom stereocenters. The van der Waals surface area contributed by atoms with Crippen molar-refractivity contribution in [3.8, 4) is 33.4 Å². The molecule has 218 valence electrons. The molecule has 47 heavy (non-hydrogen) atoms. The topological polar surface area (TPSA) is 0 Å². The first-order chi connectivity index (χ1) is 23.2. The Bertz CT molecular complexity index is 2810. The van der Waals surface area contributed by atoms with E-state index in [1.807, 2.05) is 11.3 Å². The van der Waals surface area contributed by atoms with Crippen LogP contribution in [-0.4, -0.2) is 0 Å². The van der Waals surface area contributed by atoms with E-state index < -0.39 is 5.41 Å². The summed E-state index contributed by atoms with van der Waals surface area (Å²) >= 11 is 5.52. The summed E-state index contributed by atoms with van der Waals surface area (Å²) in [5.74, 6) is 0.